The second-order valence-electron chi connectivity index (χ2n) is 11.9. The Labute approximate surface area is 234 Å². The minimum absolute atomic E-state index is 0.00164. The number of carbonyl (C=O) groups is 2. The summed E-state index contributed by atoms with van der Waals surface area (Å²) in [6.45, 7) is 0.578. The van der Waals surface area contributed by atoms with E-state index in [1.165, 1.54) is 56.6 Å². The Bertz CT molecular complexity index is 1170. The maximum Gasteiger partial charge on any atom is 0.308 e. The minimum Gasteiger partial charge on any atom is -0.469 e. The van der Waals surface area contributed by atoms with E-state index >= 15 is 0 Å². The van der Waals surface area contributed by atoms with Crippen LogP contribution >= 0.6 is 0 Å². The number of fused-ring (bicyclic) bond motifs is 1. The molecule has 0 radical (unpaired) electrons. The second kappa shape index (κ2) is 12.8. The summed E-state index contributed by atoms with van der Waals surface area (Å²) in [6.07, 6.45) is 16.8. The summed E-state index contributed by atoms with van der Waals surface area (Å²) in [5.41, 5.74) is 6.40. The van der Waals surface area contributed by atoms with Gasteiger partial charge in [-0.2, -0.15) is 0 Å². The normalized spacial score (nSPS) is 27.8. The standard InChI is InChI=1S/C29H43FN6O4/c1-39-28(38)19-9-11-21(12-10-19)40-23-15-29(13-7-5-3-2-4-6-8-14-29)33-17-22(23)34-27(37)24-25(31)35-36-18-20(30)16-32-26(24)36/h16,18-19,21-23,33H,2-15,17H2,1H3,(H2,31,35)(H,34,37)/t19-,21-,22?,23?. The van der Waals surface area contributed by atoms with Crippen molar-refractivity contribution in [2.75, 3.05) is 19.4 Å². The van der Waals surface area contributed by atoms with Gasteiger partial charge in [-0.25, -0.2) is 13.9 Å². The first-order valence-electron chi connectivity index (χ1n) is 15.0. The maximum absolute atomic E-state index is 13.7. The lowest BCUT2D eigenvalue weighted by Crippen LogP contribution is -2.64. The fourth-order valence-electron chi connectivity index (χ4n) is 6.90. The van der Waals surface area contributed by atoms with Crippen LogP contribution in [0.25, 0.3) is 5.65 Å². The highest BCUT2D eigenvalue weighted by atomic mass is 19.1. The summed E-state index contributed by atoms with van der Waals surface area (Å²) in [5, 5.41) is 11.1. The Hall–Kier alpha value is -2.79. The molecule has 1 saturated heterocycles. The van der Waals surface area contributed by atoms with Crippen LogP contribution in [0.2, 0.25) is 0 Å². The van der Waals surface area contributed by atoms with Crippen molar-refractivity contribution in [2.24, 2.45) is 5.92 Å². The van der Waals surface area contributed by atoms with Gasteiger partial charge in [0, 0.05) is 12.1 Å². The zero-order valence-corrected chi connectivity index (χ0v) is 23.5. The van der Waals surface area contributed by atoms with Crippen LogP contribution in [0.4, 0.5) is 10.2 Å². The molecule has 2 unspecified atom stereocenters. The third-order valence-corrected chi connectivity index (χ3v) is 9.14. The summed E-state index contributed by atoms with van der Waals surface area (Å²) in [4.78, 5) is 29.6. The third-order valence-electron chi connectivity index (χ3n) is 9.14. The van der Waals surface area contributed by atoms with Crippen molar-refractivity contribution < 1.29 is 23.5 Å². The molecule has 11 heteroatoms. The highest BCUT2D eigenvalue weighted by molar-refractivity contribution is 6.04. The number of hydrogen-bond donors (Lipinski definition) is 3. The van der Waals surface area contributed by atoms with Crippen LogP contribution in [0, 0.1) is 11.7 Å². The van der Waals surface area contributed by atoms with Gasteiger partial charge >= 0.3 is 5.97 Å². The molecule has 2 saturated carbocycles. The van der Waals surface area contributed by atoms with Crippen molar-refractivity contribution in [1.82, 2.24) is 25.2 Å². The number of rotatable bonds is 5. The molecule has 1 spiro atoms. The maximum atomic E-state index is 13.7. The van der Waals surface area contributed by atoms with E-state index in [2.05, 4.69) is 20.7 Å². The molecule has 3 heterocycles. The van der Waals surface area contributed by atoms with Crippen LogP contribution in [0.1, 0.15) is 100 Å². The summed E-state index contributed by atoms with van der Waals surface area (Å²) in [6, 6.07) is -0.290. The highest BCUT2D eigenvalue weighted by Crippen LogP contribution is 2.36. The van der Waals surface area contributed by atoms with E-state index in [1.54, 1.807) is 0 Å². The Kier molecular flexibility index (Phi) is 9.20. The zero-order chi connectivity index (χ0) is 28.1. The molecule has 40 heavy (non-hydrogen) atoms. The first-order chi connectivity index (χ1) is 19.4. The Morgan fingerprint density at radius 3 is 2.45 bits per heavy atom. The molecule has 3 aliphatic rings. The van der Waals surface area contributed by atoms with Gasteiger partial charge in [0.25, 0.3) is 5.91 Å². The predicted octanol–water partition coefficient (Wildman–Crippen LogP) is 3.92. The van der Waals surface area contributed by atoms with E-state index < -0.39 is 11.7 Å². The van der Waals surface area contributed by atoms with Crippen molar-refractivity contribution in [2.45, 2.75) is 114 Å². The van der Waals surface area contributed by atoms with Gasteiger partial charge in [0.1, 0.15) is 5.56 Å². The van der Waals surface area contributed by atoms with Gasteiger partial charge in [-0.15, -0.1) is 5.10 Å². The van der Waals surface area contributed by atoms with E-state index in [4.69, 9.17) is 15.2 Å². The lowest BCUT2D eigenvalue weighted by atomic mass is 9.76. The number of piperidine rings is 1. The number of anilines is 1. The minimum atomic E-state index is -0.565. The predicted molar refractivity (Wildman–Crippen MR) is 148 cm³/mol. The quantitative estimate of drug-likeness (QED) is 0.471. The van der Waals surface area contributed by atoms with E-state index in [0.29, 0.717) is 6.54 Å². The summed E-state index contributed by atoms with van der Waals surface area (Å²) in [5.74, 6) is -1.19. The number of nitrogen functional groups attached to an aromatic ring is 1. The van der Waals surface area contributed by atoms with Gasteiger partial charge in [0.15, 0.2) is 17.3 Å². The molecular weight excluding hydrogens is 515 g/mol. The topological polar surface area (TPSA) is 133 Å². The number of aromatic nitrogens is 3. The lowest BCUT2D eigenvalue weighted by molar-refractivity contribution is -0.148. The monoisotopic (exact) mass is 558 g/mol. The number of nitrogens with two attached hydrogens (primary N) is 1. The fraction of sp³-hybridized carbons (Fsp3) is 0.724. The van der Waals surface area contributed by atoms with Gasteiger partial charge in [-0.05, 0) is 44.9 Å². The first kappa shape index (κ1) is 28.7. The van der Waals surface area contributed by atoms with Crippen molar-refractivity contribution >= 4 is 23.3 Å². The van der Waals surface area contributed by atoms with E-state index in [0.717, 1.165) is 57.3 Å². The number of methoxy groups -OCH3 is 1. The van der Waals surface area contributed by atoms with Crippen LogP contribution in [0.3, 0.4) is 0 Å². The number of carbonyl (C=O) groups excluding carboxylic acids is 2. The Morgan fingerprint density at radius 1 is 1.10 bits per heavy atom. The van der Waals surface area contributed by atoms with E-state index in [1.807, 2.05) is 0 Å². The molecule has 5 rings (SSSR count). The molecule has 10 nitrogen and oxygen atoms in total. The van der Waals surface area contributed by atoms with Crippen LogP contribution in [-0.2, 0) is 14.3 Å². The molecule has 2 aliphatic carbocycles. The van der Waals surface area contributed by atoms with Gasteiger partial charge in [-0.3, -0.25) is 9.59 Å². The molecule has 1 aliphatic heterocycles. The Morgan fingerprint density at radius 2 is 1.77 bits per heavy atom. The third kappa shape index (κ3) is 6.57. The molecule has 0 aromatic carbocycles. The van der Waals surface area contributed by atoms with Crippen molar-refractivity contribution in [3.05, 3.63) is 23.8 Å². The molecule has 3 fully saturated rings. The number of hydrogen-bond acceptors (Lipinski definition) is 8. The number of nitrogens with zero attached hydrogens (tertiary/aromatic N) is 3. The van der Waals surface area contributed by atoms with Crippen molar-refractivity contribution in [1.29, 1.82) is 0 Å². The molecule has 2 aromatic rings. The number of ether oxygens (including phenoxy) is 2. The van der Waals surface area contributed by atoms with Crippen LogP contribution in [-0.4, -0.2) is 63.9 Å². The highest BCUT2D eigenvalue weighted by Gasteiger charge is 2.43. The van der Waals surface area contributed by atoms with Gasteiger partial charge in [0.2, 0.25) is 0 Å². The smallest absolute Gasteiger partial charge is 0.308 e. The summed E-state index contributed by atoms with van der Waals surface area (Å²) in [7, 11) is 1.44. The Balaban J connectivity index is 1.33. The molecular formula is C29H43FN6O4. The molecule has 4 N–H and O–H groups in total. The average Bonchev–Trinajstić information content (AvgIpc) is 3.28. The summed E-state index contributed by atoms with van der Waals surface area (Å²) >= 11 is 0. The largest absolute Gasteiger partial charge is 0.469 e. The SMILES string of the molecule is COC(=O)[C@H]1CC[C@H](OC2CC3(CCCCCCCCC3)NCC2NC(=O)c2c(N)nn3cc(F)cnc23)CC1. The molecule has 220 valence electrons. The molecule has 2 atom stereocenters. The molecule has 2 aromatic heterocycles. The first-order valence-corrected chi connectivity index (χ1v) is 15.0. The average molecular weight is 559 g/mol. The number of halogens is 1. The van der Waals surface area contributed by atoms with Gasteiger partial charge in [0.05, 0.1) is 43.7 Å². The molecule has 1 amide bonds. The number of esters is 1. The van der Waals surface area contributed by atoms with Crippen molar-refractivity contribution in [3.63, 3.8) is 0 Å². The van der Waals surface area contributed by atoms with E-state index in [9.17, 15) is 14.0 Å². The fourth-order valence-corrected chi connectivity index (χ4v) is 6.90. The summed E-state index contributed by atoms with van der Waals surface area (Å²) < 4.78 is 26.6. The number of amides is 1. The second-order valence-corrected chi connectivity index (χ2v) is 11.9. The van der Waals surface area contributed by atoms with Crippen LogP contribution in [0.15, 0.2) is 12.4 Å². The van der Waals surface area contributed by atoms with Gasteiger partial charge < -0.3 is 25.8 Å². The molecule has 0 bridgehead atoms. The van der Waals surface area contributed by atoms with Crippen molar-refractivity contribution in [3.8, 4) is 0 Å². The van der Waals surface area contributed by atoms with Crippen LogP contribution < -0.4 is 16.4 Å². The van der Waals surface area contributed by atoms with Crippen LogP contribution in [0.5, 0.6) is 0 Å². The lowest BCUT2D eigenvalue weighted by Gasteiger charge is -2.47. The zero-order valence-electron chi connectivity index (χ0n) is 23.5. The van der Waals surface area contributed by atoms with E-state index in [-0.39, 0.29) is 52.7 Å². The number of nitrogens with one attached hydrogen (secondary N) is 2. The van der Waals surface area contributed by atoms with Gasteiger partial charge in [-0.1, -0.05) is 44.9 Å².